The van der Waals surface area contributed by atoms with Crippen molar-refractivity contribution in [2.75, 3.05) is 18.4 Å². The molecule has 3 nitrogen and oxygen atoms in total. The molecule has 0 unspecified atom stereocenters. The first-order valence-corrected chi connectivity index (χ1v) is 10.4. The van der Waals surface area contributed by atoms with Crippen LogP contribution in [0.4, 0.5) is 18.9 Å². The minimum Gasteiger partial charge on any atom is -0.322 e. The second-order valence-electron chi connectivity index (χ2n) is 7.79. The lowest BCUT2D eigenvalue weighted by atomic mass is 10.00. The summed E-state index contributed by atoms with van der Waals surface area (Å²) >= 11 is 0. The number of carbonyl (C=O) groups excluding carboxylic acids is 1. The molecule has 0 fully saturated rings. The van der Waals surface area contributed by atoms with E-state index in [4.69, 9.17) is 0 Å². The summed E-state index contributed by atoms with van der Waals surface area (Å²) in [4.78, 5) is 12.7. The van der Waals surface area contributed by atoms with Crippen LogP contribution in [0.2, 0.25) is 0 Å². The lowest BCUT2D eigenvalue weighted by Gasteiger charge is -2.14. The number of halogens is 3. The molecule has 0 saturated carbocycles. The molecule has 1 aliphatic rings. The Morgan fingerprint density at radius 2 is 1.69 bits per heavy atom. The lowest BCUT2D eigenvalue weighted by Crippen LogP contribution is -2.20. The number of alkyl halides is 3. The topological polar surface area (TPSA) is 41.1 Å². The average molecular weight is 436 g/mol. The Morgan fingerprint density at radius 3 is 2.34 bits per heavy atom. The zero-order valence-corrected chi connectivity index (χ0v) is 17.4. The van der Waals surface area contributed by atoms with E-state index in [9.17, 15) is 18.0 Å². The van der Waals surface area contributed by atoms with Crippen LogP contribution < -0.4 is 10.6 Å². The molecule has 0 aromatic heterocycles. The van der Waals surface area contributed by atoms with Crippen LogP contribution in [-0.4, -0.2) is 19.0 Å². The van der Waals surface area contributed by atoms with E-state index in [0.717, 1.165) is 48.3 Å². The van der Waals surface area contributed by atoms with Crippen LogP contribution in [0.15, 0.2) is 78.9 Å². The molecule has 0 saturated heterocycles. The van der Waals surface area contributed by atoms with Gasteiger partial charge in [0.25, 0.3) is 5.91 Å². The number of amides is 1. The molecular formula is C26H23F3N2O. The largest absolute Gasteiger partial charge is 0.416 e. The predicted molar refractivity (Wildman–Crippen MR) is 121 cm³/mol. The number of rotatable bonds is 5. The molecule has 1 amide bonds. The van der Waals surface area contributed by atoms with Crippen molar-refractivity contribution in [2.45, 2.75) is 19.0 Å². The van der Waals surface area contributed by atoms with Crippen molar-refractivity contribution in [1.29, 1.82) is 0 Å². The van der Waals surface area contributed by atoms with Crippen molar-refractivity contribution >= 4 is 17.2 Å². The fourth-order valence-corrected chi connectivity index (χ4v) is 3.73. The number of hydrogen-bond donors (Lipinski definition) is 2. The van der Waals surface area contributed by atoms with Gasteiger partial charge in [-0.3, -0.25) is 4.79 Å². The highest BCUT2D eigenvalue weighted by atomic mass is 19.4. The van der Waals surface area contributed by atoms with Gasteiger partial charge in [-0.15, -0.1) is 0 Å². The number of anilines is 1. The van der Waals surface area contributed by atoms with Crippen molar-refractivity contribution in [3.05, 3.63) is 107 Å². The maximum absolute atomic E-state index is 12.7. The van der Waals surface area contributed by atoms with Gasteiger partial charge in [0, 0.05) is 17.8 Å². The standard InChI is InChI=1S/C26H23F3N2O/c27-26(28,29)23-8-4-18(5-9-23)16-19-2-1-3-22(17-19)25(32)31-24-10-6-20(7-11-24)21-12-14-30-15-13-21/h1-12,17,30H,13-16H2,(H,31,32). The summed E-state index contributed by atoms with van der Waals surface area (Å²) in [5.41, 5.74) is 4.60. The molecule has 0 atom stereocenters. The van der Waals surface area contributed by atoms with Crippen LogP contribution in [0.3, 0.4) is 0 Å². The van der Waals surface area contributed by atoms with Crippen molar-refractivity contribution in [3.8, 4) is 0 Å². The first-order chi connectivity index (χ1) is 15.4. The minimum absolute atomic E-state index is 0.229. The predicted octanol–water partition coefficient (Wildman–Crippen LogP) is 5.93. The zero-order valence-electron chi connectivity index (χ0n) is 17.4. The third-order valence-electron chi connectivity index (χ3n) is 5.46. The summed E-state index contributed by atoms with van der Waals surface area (Å²) in [6, 6.07) is 20.0. The highest BCUT2D eigenvalue weighted by Crippen LogP contribution is 2.29. The van der Waals surface area contributed by atoms with Crippen molar-refractivity contribution in [2.24, 2.45) is 0 Å². The monoisotopic (exact) mass is 436 g/mol. The SMILES string of the molecule is O=C(Nc1ccc(C2=CCNCC2)cc1)c1cccc(Cc2ccc(C(F)(F)F)cc2)c1. The molecule has 0 aliphatic carbocycles. The van der Waals surface area contributed by atoms with Crippen molar-refractivity contribution < 1.29 is 18.0 Å². The molecule has 32 heavy (non-hydrogen) atoms. The molecule has 3 aromatic carbocycles. The average Bonchev–Trinajstić information content (AvgIpc) is 2.80. The van der Waals surface area contributed by atoms with E-state index in [0.29, 0.717) is 17.7 Å². The fraction of sp³-hybridized carbons (Fsp3) is 0.192. The van der Waals surface area contributed by atoms with E-state index in [1.807, 2.05) is 30.3 Å². The van der Waals surface area contributed by atoms with Crippen LogP contribution >= 0.6 is 0 Å². The molecular weight excluding hydrogens is 413 g/mol. The van der Waals surface area contributed by atoms with Gasteiger partial charge in [0.15, 0.2) is 0 Å². The van der Waals surface area contributed by atoms with Gasteiger partial charge in [0.1, 0.15) is 0 Å². The van der Waals surface area contributed by atoms with Gasteiger partial charge in [0.05, 0.1) is 5.56 Å². The smallest absolute Gasteiger partial charge is 0.322 e. The Kier molecular flexibility index (Phi) is 6.42. The molecule has 3 aromatic rings. The maximum Gasteiger partial charge on any atom is 0.416 e. The summed E-state index contributed by atoms with van der Waals surface area (Å²) in [6.45, 7) is 1.84. The van der Waals surface area contributed by atoms with E-state index in [1.165, 1.54) is 17.7 Å². The Bertz CT molecular complexity index is 1120. The van der Waals surface area contributed by atoms with E-state index < -0.39 is 11.7 Å². The molecule has 0 spiro atoms. The third-order valence-corrected chi connectivity index (χ3v) is 5.46. The molecule has 0 radical (unpaired) electrons. The van der Waals surface area contributed by atoms with Crippen LogP contribution in [0, 0.1) is 0 Å². The molecule has 1 aliphatic heterocycles. The summed E-state index contributed by atoms with van der Waals surface area (Å²) < 4.78 is 38.2. The van der Waals surface area contributed by atoms with Gasteiger partial charge in [-0.05, 0) is 78.0 Å². The Balaban J connectivity index is 1.41. The Labute approximate surface area is 185 Å². The number of hydrogen-bond acceptors (Lipinski definition) is 2. The lowest BCUT2D eigenvalue weighted by molar-refractivity contribution is -0.137. The summed E-state index contributed by atoms with van der Waals surface area (Å²) in [7, 11) is 0. The van der Waals surface area contributed by atoms with E-state index in [1.54, 1.807) is 18.2 Å². The van der Waals surface area contributed by atoms with Gasteiger partial charge < -0.3 is 10.6 Å². The fourth-order valence-electron chi connectivity index (χ4n) is 3.73. The van der Waals surface area contributed by atoms with Crippen molar-refractivity contribution in [3.63, 3.8) is 0 Å². The molecule has 1 heterocycles. The van der Waals surface area contributed by atoms with Gasteiger partial charge in [-0.25, -0.2) is 0 Å². The number of carbonyl (C=O) groups is 1. The van der Waals surface area contributed by atoms with Gasteiger partial charge >= 0.3 is 6.18 Å². The van der Waals surface area contributed by atoms with Gasteiger partial charge in [-0.1, -0.05) is 42.5 Å². The highest BCUT2D eigenvalue weighted by molar-refractivity contribution is 6.04. The maximum atomic E-state index is 12.7. The third kappa shape index (κ3) is 5.45. The first kappa shape index (κ1) is 21.8. The molecule has 4 rings (SSSR count). The van der Waals surface area contributed by atoms with Crippen LogP contribution in [0.1, 0.15) is 39.0 Å². The van der Waals surface area contributed by atoms with Gasteiger partial charge in [0.2, 0.25) is 0 Å². The number of benzene rings is 3. The summed E-state index contributed by atoms with van der Waals surface area (Å²) in [5, 5.41) is 6.20. The van der Waals surface area contributed by atoms with Crippen LogP contribution in [0.25, 0.3) is 5.57 Å². The van der Waals surface area contributed by atoms with E-state index >= 15 is 0 Å². The van der Waals surface area contributed by atoms with Crippen LogP contribution in [-0.2, 0) is 12.6 Å². The highest BCUT2D eigenvalue weighted by Gasteiger charge is 2.29. The molecule has 2 N–H and O–H groups in total. The molecule has 164 valence electrons. The summed E-state index contributed by atoms with van der Waals surface area (Å²) in [6.07, 6.45) is -0.742. The van der Waals surface area contributed by atoms with Gasteiger partial charge in [-0.2, -0.15) is 13.2 Å². The molecule has 6 heteroatoms. The second kappa shape index (κ2) is 9.40. The van der Waals surface area contributed by atoms with E-state index in [-0.39, 0.29) is 5.91 Å². The summed E-state index contributed by atoms with van der Waals surface area (Å²) in [5.74, 6) is -0.229. The van der Waals surface area contributed by atoms with E-state index in [2.05, 4.69) is 16.7 Å². The minimum atomic E-state index is -4.35. The first-order valence-electron chi connectivity index (χ1n) is 10.4. The quantitative estimate of drug-likeness (QED) is 0.521. The normalized spacial score (nSPS) is 14.0. The van der Waals surface area contributed by atoms with Crippen molar-refractivity contribution in [1.82, 2.24) is 5.32 Å². The zero-order chi connectivity index (χ0) is 22.6. The Hall–Kier alpha value is -3.38. The van der Waals surface area contributed by atoms with Crippen LogP contribution in [0.5, 0.6) is 0 Å². The molecule has 0 bridgehead atoms. The Morgan fingerprint density at radius 1 is 0.938 bits per heavy atom. The second-order valence-corrected chi connectivity index (χ2v) is 7.79. The number of nitrogens with one attached hydrogen (secondary N) is 2.